The molecule has 0 aliphatic carbocycles. The lowest BCUT2D eigenvalue weighted by atomic mass is 10.1. The van der Waals surface area contributed by atoms with E-state index in [-0.39, 0.29) is 11.9 Å². The molecule has 0 unspecified atom stereocenters. The Morgan fingerprint density at radius 1 is 1.04 bits per heavy atom. The Bertz CT molecular complexity index is 1060. The molecule has 0 aliphatic heterocycles. The largest absolute Gasteiger partial charge is 0.347 e. The average molecular weight is 375 g/mol. The van der Waals surface area contributed by atoms with Crippen molar-refractivity contribution in [3.8, 4) is 0 Å². The highest BCUT2D eigenvalue weighted by Crippen LogP contribution is 2.33. The Hall–Kier alpha value is -2.85. The van der Waals surface area contributed by atoms with Gasteiger partial charge in [-0.2, -0.15) is 0 Å². The van der Waals surface area contributed by atoms with E-state index in [9.17, 15) is 4.79 Å². The summed E-state index contributed by atoms with van der Waals surface area (Å²) in [5.74, 6) is -0.0392. The third-order valence-corrected chi connectivity index (χ3v) is 5.83. The molecule has 0 saturated carbocycles. The van der Waals surface area contributed by atoms with Crippen LogP contribution in [-0.2, 0) is 6.54 Å². The first-order chi connectivity index (χ1) is 13.1. The smallest absolute Gasteiger partial charge is 0.268 e. The maximum absolute atomic E-state index is 13.0. The van der Waals surface area contributed by atoms with E-state index >= 15 is 0 Å². The Labute approximate surface area is 163 Å². The van der Waals surface area contributed by atoms with E-state index in [2.05, 4.69) is 41.9 Å². The molecule has 4 rings (SSSR count). The second-order valence-corrected chi connectivity index (χ2v) is 8.05. The fraction of sp³-hybridized carbons (Fsp3) is 0.174. The quantitative estimate of drug-likeness (QED) is 0.488. The minimum Gasteiger partial charge on any atom is -0.347 e. The van der Waals surface area contributed by atoms with Crippen LogP contribution in [0.2, 0.25) is 0 Å². The zero-order valence-electron chi connectivity index (χ0n) is 15.5. The summed E-state index contributed by atoms with van der Waals surface area (Å²) >= 11 is 1.73. The van der Waals surface area contributed by atoms with Crippen LogP contribution in [0.5, 0.6) is 0 Å². The predicted molar refractivity (Wildman–Crippen MR) is 112 cm³/mol. The fourth-order valence-corrected chi connectivity index (χ4v) is 4.43. The predicted octanol–water partition coefficient (Wildman–Crippen LogP) is 5.55. The fourth-order valence-electron chi connectivity index (χ4n) is 3.48. The molecule has 0 aliphatic rings. The number of benzene rings is 2. The Morgan fingerprint density at radius 2 is 1.70 bits per heavy atom. The molecule has 2 aromatic heterocycles. The third kappa shape index (κ3) is 3.53. The van der Waals surface area contributed by atoms with Crippen molar-refractivity contribution in [3.63, 3.8) is 0 Å². The van der Waals surface area contributed by atoms with Crippen molar-refractivity contribution in [3.05, 3.63) is 94.5 Å². The third-order valence-electron chi connectivity index (χ3n) is 4.85. The molecule has 4 aromatic rings. The van der Waals surface area contributed by atoms with Gasteiger partial charge in [0.2, 0.25) is 0 Å². The van der Waals surface area contributed by atoms with Crippen molar-refractivity contribution in [2.45, 2.75) is 26.4 Å². The van der Waals surface area contributed by atoms with E-state index in [1.165, 1.54) is 10.4 Å². The number of aromatic nitrogens is 1. The van der Waals surface area contributed by atoms with Gasteiger partial charge < -0.3 is 9.88 Å². The number of nitrogens with zero attached hydrogens (tertiary/aromatic N) is 1. The topological polar surface area (TPSA) is 34.0 Å². The minimum absolute atomic E-state index is 0.0392. The van der Waals surface area contributed by atoms with Crippen molar-refractivity contribution >= 4 is 27.5 Å². The van der Waals surface area contributed by atoms with Gasteiger partial charge in [-0.1, -0.05) is 60.7 Å². The standard InChI is InChI=1S/C23H22N2OS/c1-16-13-20-22(27-16)14-21(23(26)24-15-18-9-5-3-6-10-18)25(20)17(2)19-11-7-4-8-12-19/h3-14,17H,15H2,1-2H3,(H,24,26)/t17-/m0/s1. The number of rotatable bonds is 5. The number of hydrogen-bond donors (Lipinski definition) is 1. The molecular weight excluding hydrogens is 352 g/mol. The Kier molecular flexibility index (Phi) is 4.82. The highest BCUT2D eigenvalue weighted by molar-refractivity contribution is 7.19. The van der Waals surface area contributed by atoms with Crippen LogP contribution in [0.4, 0.5) is 0 Å². The molecule has 0 spiro atoms. The molecule has 0 saturated heterocycles. The van der Waals surface area contributed by atoms with Gasteiger partial charge in [-0.05, 0) is 37.1 Å². The maximum Gasteiger partial charge on any atom is 0.268 e. The molecular formula is C23H22N2OS. The van der Waals surface area contributed by atoms with Crippen LogP contribution >= 0.6 is 11.3 Å². The van der Waals surface area contributed by atoms with E-state index < -0.39 is 0 Å². The lowest BCUT2D eigenvalue weighted by Crippen LogP contribution is -2.26. The van der Waals surface area contributed by atoms with E-state index in [1.54, 1.807) is 11.3 Å². The van der Waals surface area contributed by atoms with Gasteiger partial charge in [0.1, 0.15) is 5.69 Å². The Morgan fingerprint density at radius 3 is 2.41 bits per heavy atom. The number of hydrogen-bond acceptors (Lipinski definition) is 2. The van der Waals surface area contributed by atoms with E-state index in [1.807, 2.05) is 54.6 Å². The summed E-state index contributed by atoms with van der Waals surface area (Å²) < 4.78 is 3.31. The summed E-state index contributed by atoms with van der Waals surface area (Å²) in [5, 5.41) is 3.07. The molecule has 0 radical (unpaired) electrons. The van der Waals surface area contributed by atoms with E-state index in [0.29, 0.717) is 12.2 Å². The molecule has 27 heavy (non-hydrogen) atoms. The van der Waals surface area contributed by atoms with Crippen molar-refractivity contribution in [1.82, 2.24) is 9.88 Å². The zero-order chi connectivity index (χ0) is 18.8. The van der Waals surface area contributed by atoms with Crippen molar-refractivity contribution in [2.75, 3.05) is 0 Å². The monoisotopic (exact) mass is 374 g/mol. The van der Waals surface area contributed by atoms with Crippen molar-refractivity contribution in [2.24, 2.45) is 0 Å². The summed E-state index contributed by atoms with van der Waals surface area (Å²) in [7, 11) is 0. The first-order valence-corrected chi connectivity index (χ1v) is 9.93. The number of aryl methyl sites for hydroxylation is 1. The van der Waals surface area contributed by atoms with Crippen LogP contribution in [0.3, 0.4) is 0 Å². The summed E-state index contributed by atoms with van der Waals surface area (Å²) in [6, 6.07) is 24.6. The normalized spacial score (nSPS) is 12.2. The van der Waals surface area contributed by atoms with Gasteiger partial charge in [-0.15, -0.1) is 11.3 Å². The second kappa shape index (κ2) is 7.41. The second-order valence-electron chi connectivity index (χ2n) is 6.76. The molecule has 136 valence electrons. The van der Waals surface area contributed by atoms with Gasteiger partial charge in [0, 0.05) is 11.4 Å². The van der Waals surface area contributed by atoms with E-state index in [0.717, 1.165) is 15.8 Å². The lowest BCUT2D eigenvalue weighted by Gasteiger charge is -2.19. The van der Waals surface area contributed by atoms with Gasteiger partial charge in [-0.3, -0.25) is 4.79 Å². The summed E-state index contributed by atoms with van der Waals surface area (Å²) in [5.41, 5.74) is 4.12. The summed E-state index contributed by atoms with van der Waals surface area (Å²) in [6.07, 6.45) is 0. The molecule has 0 bridgehead atoms. The number of carbonyl (C=O) groups is 1. The zero-order valence-corrected chi connectivity index (χ0v) is 16.3. The number of thiophene rings is 1. The molecule has 1 atom stereocenters. The molecule has 2 aromatic carbocycles. The first kappa shape index (κ1) is 17.6. The number of nitrogens with one attached hydrogen (secondary N) is 1. The SMILES string of the molecule is Cc1cc2c(cc(C(=O)NCc3ccccc3)n2[C@@H](C)c2ccccc2)s1. The van der Waals surface area contributed by atoms with Gasteiger partial charge in [0.15, 0.2) is 0 Å². The van der Waals surface area contributed by atoms with Gasteiger partial charge in [0.05, 0.1) is 16.3 Å². The molecule has 0 fully saturated rings. The van der Waals surface area contributed by atoms with Crippen molar-refractivity contribution < 1.29 is 4.79 Å². The maximum atomic E-state index is 13.0. The summed E-state index contributed by atoms with van der Waals surface area (Å²) in [6.45, 7) is 4.78. The van der Waals surface area contributed by atoms with Crippen LogP contribution in [0.1, 0.15) is 39.5 Å². The van der Waals surface area contributed by atoms with Gasteiger partial charge in [-0.25, -0.2) is 0 Å². The molecule has 1 amide bonds. The molecule has 2 heterocycles. The van der Waals surface area contributed by atoms with Crippen LogP contribution in [0.15, 0.2) is 72.8 Å². The number of carbonyl (C=O) groups excluding carboxylic acids is 1. The first-order valence-electron chi connectivity index (χ1n) is 9.12. The number of fused-ring (bicyclic) bond motifs is 1. The highest BCUT2D eigenvalue weighted by Gasteiger charge is 2.21. The molecule has 1 N–H and O–H groups in total. The van der Waals surface area contributed by atoms with Crippen molar-refractivity contribution in [1.29, 1.82) is 0 Å². The summed E-state index contributed by atoms with van der Waals surface area (Å²) in [4.78, 5) is 14.3. The van der Waals surface area contributed by atoms with Gasteiger partial charge >= 0.3 is 0 Å². The Balaban J connectivity index is 1.69. The average Bonchev–Trinajstić information content (AvgIpc) is 3.23. The minimum atomic E-state index is -0.0392. The van der Waals surface area contributed by atoms with Crippen LogP contribution in [-0.4, -0.2) is 10.5 Å². The lowest BCUT2D eigenvalue weighted by molar-refractivity contribution is 0.0941. The molecule has 4 heteroatoms. The van der Waals surface area contributed by atoms with Gasteiger partial charge in [0.25, 0.3) is 5.91 Å². The van der Waals surface area contributed by atoms with E-state index in [4.69, 9.17) is 0 Å². The van der Waals surface area contributed by atoms with Crippen LogP contribution in [0, 0.1) is 6.92 Å². The molecule has 3 nitrogen and oxygen atoms in total. The highest BCUT2D eigenvalue weighted by atomic mass is 32.1. The van der Waals surface area contributed by atoms with Crippen LogP contribution < -0.4 is 5.32 Å². The number of amides is 1. The van der Waals surface area contributed by atoms with Crippen LogP contribution in [0.25, 0.3) is 10.2 Å².